The zero-order chi connectivity index (χ0) is 6.41. The van der Waals surface area contributed by atoms with E-state index in [-0.39, 0.29) is 0 Å². The van der Waals surface area contributed by atoms with Gasteiger partial charge in [-0.25, -0.2) is 0 Å². The van der Waals surface area contributed by atoms with Crippen LogP contribution in [0.25, 0.3) is 0 Å². The highest BCUT2D eigenvalue weighted by Crippen LogP contribution is 2.08. The van der Waals surface area contributed by atoms with Gasteiger partial charge < -0.3 is 0 Å². The first-order chi connectivity index (χ1) is 3.81. The number of rotatable bonds is 4. The summed E-state index contributed by atoms with van der Waals surface area (Å²) in [6, 6.07) is 0. The van der Waals surface area contributed by atoms with E-state index in [1.807, 2.05) is 6.08 Å². The van der Waals surface area contributed by atoms with E-state index in [2.05, 4.69) is 26.8 Å². The molecule has 0 aromatic rings. The molecule has 0 aromatic heterocycles. The molecule has 0 saturated carbocycles. The number of allylic oxidation sites excluding steroid dienone is 1. The van der Waals surface area contributed by atoms with E-state index in [4.69, 9.17) is 0 Å². The van der Waals surface area contributed by atoms with Crippen molar-refractivity contribution < 1.29 is 0 Å². The molecule has 0 aliphatic carbocycles. The molecule has 0 bridgehead atoms. The van der Waals surface area contributed by atoms with E-state index >= 15 is 0 Å². The van der Waals surface area contributed by atoms with Crippen molar-refractivity contribution in [2.45, 2.75) is 26.7 Å². The predicted octanol–water partition coefficient (Wildman–Crippen LogP) is 2.81. The monoisotopic (exact) mass is 111 g/mol. The molecule has 1 atom stereocenters. The van der Waals surface area contributed by atoms with Gasteiger partial charge in [0.25, 0.3) is 0 Å². The molecule has 0 aliphatic heterocycles. The van der Waals surface area contributed by atoms with Gasteiger partial charge in [-0.3, -0.25) is 0 Å². The van der Waals surface area contributed by atoms with Crippen LogP contribution in [0.1, 0.15) is 26.7 Å². The molecule has 0 spiro atoms. The summed E-state index contributed by atoms with van der Waals surface area (Å²) in [5, 5.41) is 0. The Labute approximate surface area is 52.6 Å². The Bertz CT molecular complexity index is 55.1. The second-order valence-corrected chi connectivity index (χ2v) is 2.27. The van der Waals surface area contributed by atoms with Crippen LogP contribution in [-0.2, 0) is 0 Å². The van der Waals surface area contributed by atoms with Gasteiger partial charge in [-0.1, -0.05) is 19.9 Å². The normalized spacial score (nSPS) is 13.2. The maximum absolute atomic E-state index is 3.67. The molecule has 0 heteroatoms. The van der Waals surface area contributed by atoms with E-state index < -0.39 is 0 Å². The molecule has 8 heavy (non-hydrogen) atoms. The Morgan fingerprint density at radius 3 is 2.50 bits per heavy atom. The Morgan fingerprint density at radius 2 is 2.12 bits per heavy atom. The van der Waals surface area contributed by atoms with Gasteiger partial charge in [-0.05, 0) is 25.2 Å². The Hall–Kier alpha value is -0.260. The third-order valence-electron chi connectivity index (χ3n) is 1.21. The van der Waals surface area contributed by atoms with Crippen molar-refractivity contribution >= 4 is 0 Å². The minimum absolute atomic E-state index is 0.789. The first kappa shape index (κ1) is 7.74. The summed E-state index contributed by atoms with van der Waals surface area (Å²) >= 11 is 0. The zero-order valence-corrected chi connectivity index (χ0v) is 5.85. The molecule has 1 radical (unpaired) electrons. The van der Waals surface area contributed by atoms with Crippen LogP contribution in [0.3, 0.4) is 0 Å². The van der Waals surface area contributed by atoms with E-state index in [1.54, 1.807) is 0 Å². The zero-order valence-electron chi connectivity index (χ0n) is 5.85. The average molecular weight is 111 g/mol. The van der Waals surface area contributed by atoms with Gasteiger partial charge in [-0.2, -0.15) is 0 Å². The fourth-order valence-electron chi connectivity index (χ4n) is 0.783. The van der Waals surface area contributed by atoms with Crippen LogP contribution < -0.4 is 0 Å². The van der Waals surface area contributed by atoms with Gasteiger partial charge in [0, 0.05) is 0 Å². The van der Waals surface area contributed by atoms with Gasteiger partial charge in [-0.15, -0.1) is 6.58 Å². The second-order valence-electron chi connectivity index (χ2n) is 2.27. The van der Waals surface area contributed by atoms with E-state index in [0.717, 1.165) is 12.3 Å². The fourth-order valence-corrected chi connectivity index (χ4v) is 0.783. The molecular weight excluding hydrogens is 96.1 g/mol. The van der Waals surface area contributed by atoms with E-state index in [9.17, 15) is 0 Å². The maximum atomic E-state index is 3.67. The molecular formula is C8H15. The molecule has 0 saturated heterocycles. The van der Waals surface area contributed by atoms with Crippen molar-refractivity contribution in [2.24, 2.45) is 5.92 Å². The highest BCUT2D eigenvalue weighted by atomic mass is 14.0. The molecule has 0 aliphatic rings. The Morgan fingerprint density at radius 1 is 1.50 bits per heavy atom. The van der Waals surface area contributed by atoms with Crippen molar-refractivity contribution in [3.05, 3.63) is 19.1 Å². The topological polar surface area (TPSA) is 0 Å². The lowest BCUT2D eigenvalue weighted by atomic mass is 10.0. The van der Waals surface area contributed by atoms with Crippen LogP contribution >= 0.6 is 0 Å². The first-order valence-corrected chi connectivity index (χ1v) is 3.20. The summed E-state index contributed by atoms with van der Waals surface area (Å²) < 4.78 is 0. The van der Waals surface area contributed by atoms with E-state index in [0.29, 0.717) is 0 Å². The van der Waals surface area contributed by atoms with Crippen LogP contribution in [0.5, 0.6) is 0 Å². The molecule has 47 valence electrons. The van der Waals surface area contributed by atoms with Crippen molar-refractivity contribution in [1.29, 1.82) is 0 Å². The standard InChI is InChI=1S/C8H15/c1-4-6-8(3)7-5-2/h4-5,8H,1,6-7H2,2-3H3. The summed E-state index contributed by atoms with van der Waals surface area (Å²) in [5.74, 6) is 0.789. The average Bonchev–Trinajstić information content (AvgIpc) is 1.68. The lowest BCUT2D eigenvalue weighted by Crippen LogP contribution is -1.89. The van der Waals surface area contributed by atoms with Crippen LogP contribution in [0, 0.1) is 12.3 Å². The molecule has 0 fully saturated rings. The maximum Gasteiger partial charge on any atom is -0.0327 e. The second kappa shape index (κ2) is 4.89. The van der Waals surface area contributed by atoms with Crippen LogP contribution in [0.4, 0.5) is 0 Å². The van der Waals surface area contributed by atoms with Gasteiger partial charge in [0.15, 0.2) is 0 Å². The molecule has 0 nitrogen and oxygen atoms in total. The van der Waals surface area contributed by atoms with Crippen LogP contribution in [-0.4, -0.2) is 0 Å². The smallest absolute Gasteiger partial charge is 0.0327 e. The SMILES string of the molecule is C=CCC(C)C[CH]C. The van der Waals surface area contributed by atoms with Crippen molar-refractivity contribution in [3.63, 3.8) is 0 Å². The van der Waals surface area contributed by atoms with Crippen LogP contribution in [0.2, 0.25) is 0 Å². The molecule has 0 aromatic carbocycles. The number of hydrogen-bond donors (Lipinski definition) is 0. The largest absolute Gasteiger partial charge is 0.103 e. The Kier molecular flexibility index (Phi) is 4.73. The molecule has 0 amide bonds. The summed E-state index contributed by atoms with van der Waals surface area (Å²) in [4.78, 5) is 0. The molecule has 0 heterocycles. The summed E-state index contributed by atoms with van der Waals surface area (Å²) in [5.41, 5.74) is 0. The summed E-state index contributed by atoms with van der Waals surface area (Å²) in [6.07, 6.45) is 6.54. The van der Waals surface area contributed by atoms with Gasteiger partial charge in [0.05, 0.1) is 0 Å². The van der Waals surface area contributed by atoms with Gasteiger partial charge >= 0.3 is 0 Å². The predicted molar refractivity (Wildman–Crippen MR) is 38.6 cm³/mol. The molecule has 0 rings (SSSR count). The van der Waals surface area contributed by atoms with Gasteiger partial charge in [0.1, 0.15) is 0 Å². The fraction of sp³-hybridized carbons (Fsp3) is 0.625. The highest BCUT2D eigenvalue weighted by molar-refractivity contribution is 4.73. The Balaban J connectivity index is 3.03. The summed E-state index contributed by atoms with van der Waals surface area (Å²) in [7, 11) is 0. The minimum atomic E-state index is 0.789. The quantitative estimate of drug-likeness (QED) is 0.489. The van der Waals surface area contributed by atoms with Crippen molar-refractivity contribution in [1.82, 2.24) is 0 Å². The highest BCUT2D eigenvalue weighted by Gasteiger charge is 1.94. The third kappa shape index (κ3) is 3.91. The van der Waals surface area contributed by atoms with E-state index in [1.165, 1.54) is 6.42 Å². The lowest BCUT2D eigenvalue weighted by Gasteiger charge is -2.03. The van der Waals surface area contributed by atoms with Crippen LogP contribution in [0.15, 0.2) is 12.7 Å². The molecule has 1 unspecified atom stereocenters. The van der Waals surface area contributed by atoms with Gasteiger partial charge in [0.2, 0.25) is 0 Å². The minimum Gasteiger partial charge on any atom is -0.103 e. The molecule has 0 N–H and O–H groups in total. The number of hydrogen-bond acceptors (Lipinski definition) is 0. The van der Waals surface area contributed by atoms with Crippen molar-refractivity contribution in [3.8, 4) is 0 Å². The lowest BCUT2D eigenvalue weighted by molar-refractivity contribution is 0.584. The summed E-state index contributed by atoms with van der Waals surface area (Å²) in [6.45, 7) is 8.00. The third-order valence-corrected chi connectivity index (χ3v) is 1.21. The first-order valence-electron chi connectivity index (χ1n) is 3.20. The van der Waals surface area contributed by atoms with Crippen molar-refractivity contribution in [2.75, 3.05) is 0 Å².